The van der Waals surface area contributed by atoms with Crippen LogP contribution in [-0.2, 0) is 6.42 Å². The number of pyridine rings is 1. The van der Waals surface area contributed by atoms with Crippen molar-refractivity contribution in [1.29, 1.82) is 0 Å². The molecule has 1 heterocycles. The number of rotatable bonds is 2. The van der Waals surface area contributed by atoms with Gasteiger partial charge in [0.2, 0.25) is 0 Å². The molecule has 1 aromatic heterocycles. The van der Waals surface area contributed by atoms with E-state index in [4.69, 9.17) is 16.7 Å². The second-order valence-electron chi connectivity index (χ2n) is 3.60. The van der Waals surface area contributed by atoms with E-state index in [-0.39, 0.29) is 6.61 Å². The Morgan fingerprint density at radius 2 is 2.13 bits per heavy atom. The molecule has 2 aromatic rings. The van der Waals surface area contributed by atoms with Gasteiger partial charge in [-0.3, -0.25) is 0 Å². The largest absolute Gasteiger partial charge is 0.396 e. The zero-order chi connectivity index (χ0) is 10.8. The number of fused-ring (bicyclic) bond motifs is 1. The highest BCUT2D eigenvalue weighted by Crippen LogP contribution is 2.20. The SMILES string of the molecule is Cc1cc2cc(CCO)ccc2nc1Cl. The molecule has 0 bridgehead atoms. The molecule has 0 saturated carbocycles. The molecule has 0 aliphatic heterocycles. The number of aliphatic hydroxyl groups is 1. The van der Waals surface area contributed by atoms with Crippen molar-refractivity contribution in [3.63, 3.8) is 0 Å². The Morgan fingerprint density at radius 3 is 2.87 bits per heavy atom. The molecule has 0 atom stereocenters. The maximum Gasteiger partial charge on any atom is 0.132 e. The van der Waals surface area contributed by atoms with Crippen LogP contribution in [0.4, 0.5) is 0 Å². The summed E-state index contributed by atoms with van der Waals surface area (Å²) in [5.74, 6) is 0. The van der Waals surface area contributed by atoms with E-state index >= 15 is 0 Å². The van der Waals surface area contributed by atoms with Gasteiger partial charge in [0.15, 0.2) is 0 Å². The van der Waals surface area contributed by atoms with E-state index in [0.29, 0.717) is 11.6 Å². The second kappa shape index (κ2) is 4.17. The summed E-state index contributed by atoms with van der Waals surface area (Å²) in [6, 6.07) is 7.97. The van der Waals surface area contributed by atoms with Crippen molar-refractivity contribution in [3.05, 3.63) is 40.5 Å². The van der Waals surface area contributed by atoms with Crippen LogP contribution in [0.1, 0.15) is 11.1 Å². The van der Waals surface area contributed by atoms with Gasteiger partial charge in [0, 0.05) is 12.0 Å². The lowest BCUT2D eigenvalue weighted by Crippen LogP contribution is -1.91. The Hall–Kier alpha value is -1.12. The third kappa shape index (κ3) is 2.11. The zero-order valence-corrected chi connectivity index (χ0v) is 9.25. The molecule has 2 nitrogen and oxygen atoms in total. The van der Waals surface area contributed by atoms with Crippen LogP contribution in [0, 0.1) is 6.92 Å². The van der Waals surface area contributed by atoms with Crippen molar-refractivity contribution in [1.82, 2.24) is 4.98 Å². The summed E-state index contributed by atoms with van der Waals surface area (Å²) in [5, 5.41) is 10.5. The maximum absolute atomic E-state index is 8.85. The Bertz CT molecular complexity index is 496. The van der Waals surface area contributed by atoms with Gasteiger partial charge >= 0.3 is 0 Å². The number of aryl methyl sites for hydroxylation is 1. The summed E-state index contributed by atoms with van der Waals surface area (Å²) in [5.41, 5.74) is 2.99. The number of nitrogens with zero attached hydrogens (tertiary/aromatic N) is 1. The highest BCUT2D eigenvalue weighted by Gasteiger charge is 2.01. The fourth-order valence-corrected chi connectivity index (χ4v) is 1.74. The Labute approximate surface area is 93.5 Å². The highest BCUT2D eigenvalue weighted by atomic mass is 35.5. The van der Waals surface area contributed by atoms with Crippen LogP contribution < -0.4 is 0 Å². The molecule has 1 N–H and O–H groups in total. The van der Waals surface area contributed by atoms with Crippen molar-refractivity contribution in [3.8, 4) is 0 Å². The number of halogens is 1. The molecule has 2 rings (SSSR count). The van der Waals surface area contributed by atoms with Crippen molar-refractivity contribution < 1.29 is 5.11 Å². The average Bonchev–Trinajstić information content (AvgIpc) is 2.21. The van der Waals surface area contributed by atoms with Gasteiger partial charge in [0.05, 0.1) is 5.52 Å². The standard InChI is InChI=1S/C12H12ClNO/c1-8-6-10-7-9(4-5-15)2-3-11(10)14-12(8)13/h2-3,6-7,15H,4-5H2,1H3. The first kappa shape index (κ1) is 10.4. The molecule has 15 heavy (non-hydrogen) atoms. The molecule has 0 radical (unpaired) electrons. The summed E-state index contributed by atoms with van der Waals surface area (Å²) in [7, 11) is 0. The average molecular weight is 222 g/mol. The van der Waals surface area contributed by atoms with Crippen LogP contribution in [-0.4, -0.2) is 16.7 Å². The lowest BCUT2D eigenvalue weighted by atomic mass is 10.1. The molecule has 3 heteroatoms. The predicted octanol–water partition coefficient (Wildman–Crippen LogP) is 2.73. The molecule has 0 aliphatic carbocycles. The second-order valence-corrected chi connectivity index (χ2v) is 3.95. The third-order valence-corrected chi connectivity index (χ3v) is 2.79. The van der Waals surface area contributed by atoms with Gasteiger partial charge in [-0.05, 0) is 42.7 Å². The number of aromatic nitrogens is 1. The summed E-state index contributed by atoms with van der Waals surface area (Å²) in [6.45, 7) is 2.11. The smallest absolute Gasteiger partial charge is 0.132 e. The van der Waals surface area contributed by atoms with Crippen molar-refractivity contribution in [2.45, 2.75) is 13.3 Å². The normalized spacial score (nSPS) is 10.9. The quantitative estimate of drug-likeness (QED) is 0.792. The minimum absolute atomic E-state index is 0.172. The van der Waals surface area contributed by atoms with Gasteiger partial charge < -0.3 is 5.11 Å². The molecule has 78 valence electrons. The van der Waals surface area contributed by atoms with Crippen LogP contribution >= 0.6 is 11.6 Å². The number of hydrogen-bond donors (Lipinski definition) is 1. The first-order valence-corrected chi connectivity index (χ1v) is 5.25. The lowest BCUT2D eigenvalue weighted by molar-refractivity contribution is 0.299. The fraction of sp³-hybridized carbons (Fsp3) is 0.250. The summed E-state index contributed by atoms with van der Waals surface area (Å²) >= 11 is 5.94. The highest BCUT2D eigenvalue weighted by molar-refractivity contribution is 6.30. The third-order valence-electron chi connectivity index (χ3n) is 2.41. The molecular weight excluding hydrogens is 210 g/mol. The van der Waals surface area contributed by atoms with Crippen LogP contribution in [0.25, 0.3) is 10.9 Å². The minimum atomic E-state index is 0.172. The molecule has 0 unspecified atom stereocenters. The lowest BCUT2D eigenvalue weighted by Gasteiger charge is -2.04. The number of benzene rings is 1. The van der Waals surface area contributed by atoms with E-state index in [1.165, 1.54) is 0 Å². The van der Waals surface area contributed by atoms with Crippen molar-refractivity contribution in [2.24, 2.45) is 0 Å². The van der Waals surface area contributed by atoms with Gasteiger partial charge in [-0.2, -0.15) is 0 Å². The molecule has 0 spiro atoms. The van der Waals surface area contributed by atoms with Gasteiger partial charge in [-0.25, -0.2) is 4.98 Å². The topological polar surface area (TPSA) is 33.1 Å². The van der Waals surface area contributed by atoms with Crippen molar-refractivity contribution >= 4 is 22.5 Å². The Kier molecular flexibility index (Phi) is 2.89. The summed E-state index contributed by atoms with van der Waals surface area (Å²) in [6.07, 6.45) is 0.678. The van der Waals surface area contributed by atoms with E-state index in [9.17, 15) is 0 Å². The molecule has 0 amide bonds. The van der Waals surface area contributed by atoms with Gasteiger partial charge in [-0.15, -0.1) is 0 Å². The van der Waals surface area contributed by atoms with Crippen LogP contribution in [0.5, 0.6) is 0 Å². The molecule has 1 aromatic carbocycles. The first-order valence-electron chi connectivity index (χ1n) is 4.87. The van der Waals surface area contributed by atoms with Gasteiger partial charge in [0.25, 0.3) is 0 Å². The zero-order valence-electron chi connectivity index (χ0n) is 8.50. The van der Waals surface area contributed by atoms with E-state index in [0.717, 1.165) is 22.0 Å². The predicted molar refractivity (Wildman–Crippen MR) is 62.3 cm³/mol. The summed E-state index contributed by atoms with van der Waals surface area (Å²) < 4.78 is 0. The van der Waals surface area contributed by atoms with E-state index < -0.39 is 0 Å². The molecule has 0 saturated heterocycles. The fourth-order valence-electron chi connectivity index (χ4n) is 1.59. The van der Waals surface area contributed by atoms with Crippen LogP contribution in [0.3, 0.4) is 0 Å². The van der Waals surface area contributed by atoms with Gasteiger partial charge in [-0.1, -0.05) is 17.7 Å². The Balaban J connectivity index is 2.56. The van der Waals surface area contributed by atoms with Crippen LogP contribution in [0.15, 0.2) is 24.3 Å². The minimum Gasteiger partial charge on any atom is -0.396 e. The summed E-state index contributed by atoms with van der Waals surface area (Å²) in [4.78, 5) is 4.28. The number of hydrogen-bond acceptors (Lipinski definition) is 2. The van der Waals surface area contributed by atoms with Crippen LogP contribution in [0.2, 0.25) is 5.15 Å². The first-order chi connectivity index (χ1) is 7.20. The van der Waals surface area contributed by atoms with Crippen molar-refractivity contribution in [2.75, 3.05) is 6.61 Å². The van der Waals surface area contributed by atoms with E-state index in [1.807, 2.05) is 31.2 Å². The Morgan fingerprint density at radius 1 is 1.33 bits per heavy atom. The van der Waals surface area contributed by atoms with Gasteiger partial charge in [0.1, 0.15) is 5.15 Å². The monoisotopic (exact) mass is 221 g/mol. The van der Waals surface area contributed by atoms with E-state index in [2.05, 4.69) is 4.98 Å². The number of aliphatic hydroxyl groups excluding tert-OH is 1. The van der Waals surface area contributed by atoms with E-state index in [1.54, 1.807) is 0 Å². The molecule has 0 aliphatic rings. The molecular formula is C12H12ClNO. The maximum atomic E-state index is 8.85. The molecule has 0 fully saturated rings.